The molecule has 1 amide bonds. The molecule has 0 aromatic carbocycles. The lowest BCUT2D eigenvalue weighted by Crippen LogP contribution is -2.44. The van der Waals surface area contributed by atoms with Gasteiger partial charge in [-0.2, -0.15) is 5.26 Å². The SMILES string of the molecule is N#CCC1(C(N)=O)CCCC(F)(F)C1. The Morgan fingerprint density at radius 2 is 2.14 bits per heavy atom. The highest BCUT2D eigenvalue weighted by Crippen LogP contribution is 2.46. The lowest BCUT2D eigenvalue weighted by Gasteiger charge is -2.36. The number of hydrogen-bond donors (Lipinski definition) is 1. The van der Waals surface area contributed by atoms with Crippen LogP contribution in [0.25, 0.3) is 0 Å². The van der Waals surface area contributed by atoms with Gasteiger partial charge in [0.25, 0.3) is 0 Å². The van der Waals surface area contributed by atoms with E-state index < -0.39 is 23.7 Å². The minimum atomic E-state index is -2.86. The molecular weight excluding hydrogens is 190 g/mol. The van der Waals surface area contributed by atoms with E-state index >= 15 is 0 Å². The van der Waals surface area contributed by atoms with Gasteiger partial charge >= 0.3 is 0 Å². The second-order valence-electron chi connectivity index (χ2n) is 3.87. The van der Waals surface area contributed by atoms with Crippen molar-refractivity contribution in [2.24, 2.45) is 11.1 Å². The number of rotatable bonds is 2. The molecule has 1 saturated carbocycles. The zero-order valence-electron chi connectivity index (χ0n) is 7.72. The Hall–Kier alpha value is -1.18. The molecule has 1 aliphatic carbocycles. The Morgan fingerprint density at radius 3 is 2.57 bits per heavy atom. The molecule has 78 valence electrons. The Bertz CT molecular complexity index is 285. The van der Waals surface area contributed by atoms with Crippen molar-refractivity contribution in [3.63, 3.8) is 0 Å². The summed E-state index contributed by atoms with van der Waals surface area (Å²) >= 11 is 0. The smallest absolute Gasteiger partial charge is 0.249 e. The number of nitriles is 1. The standard InChI is InChI=1S/C9H12F2N2O/c10-9(11)3-1-2-8(6-9,4-5-12)7(13)14/h1-4,6H2,(H2,13,14). The van der Waals surface area contributed by atoms with Crippen molar-refractivity contribution >= 4 is 5.91 Å². The second-order valence-corrected chi connectivity index (χ2v) is 3.87. The summed E-state index contributed by atoms with van der Waals surface area (Å²) < 4.78 is 26.1. The normalized spacial score (nSPS) is 30.6. The number of halogens is 2. The van der Waals surface area contributed by atoms with Crippen LogP contribution < -0.4 is 5.73 Å². The predicted octanol–water partition coefficient (Wildman–Crippen LogP) is 1.58. The van der Waals surface area contributed by atoms with Crippen LogP contribution in [0, 0.1) is 16.7 Å². The molecule has 0 heterocycles. The van der Waals surface area contributed by atoms with Gasteiger partial charge in [0.1, 0.15) is 0 Å². The van der Waals surface area contributed by atoms with Crippen LogP contribution in [0.15, 0.2) is 0 Å². The highest BCUT2D eigenvalue weighted by Gasteiger charge is 2.49. The van der Waals surface area contributed by atoms with E-state index in [2.05, 4.69) is 0 Å². The minimum absolute atomic E-state index is 0.210. The number of nitrogens with two attached hydrogens (primary N) is 1. The number of nitrogens with zero attached hydrogens (tertiary/aromatic N) is 1. The van der Waals surface area contributed by atoms with Crippen molar-refractivity contribution in [2.75, 3.05) is 0 Å². The van der Waals surface area contributed by atoms with E-state index in [1.807, 2.05) is 0 Å². The van der Waals surface area contributed by atoms with Crippen molar-refractivity contribution < 1.29 is 13.6 Å². The Balaban J connectivity index is 2.88. The molecular formula is C9H12F2N2O. The van der Waals surface area contributed by atoms with Crippen LogP contribution in [-0.2, 0) is 4.79 Å². The summed E-state index contributed by atoms with van der Waals surface area (Å²) in [6.45, 7) is 0. The van der Waals surface area contributed by atoms with Gasteiger partial charge in [-0.25, -0.2) is 8.78 Å². The zero-order valence-corrected chi connectivity index (χ0v) is 7.72. The van der Waals surface area contributed by atoms with E-state index in [-0.39, 0.29) is 19.3 Å². The van der Waals surface area contributed by atoms with Crippen LogP contribution in [0.5, 0.6) is 0 Å². The summed E-state index contributed by atoms with van der Waals surface area (Å²) in [6.07, 6.45) is -0.461. The van der Waals surface area contributed by atoms with Crippen molar-refractivity contribution in [2.45, 2.75) is 38.0 Å². The molecule has 0 aliphatic heterocycles. The van der Waals surface area contributed by atoms with Gasteiger partial charge in [0, 0.05) is 19.3 Å². The monoisotopic (exact) mass is 202 g/mol. The Labute approximate surface area is 80.9 Å². The minimum Gasteiger partial charge on any atom is -0.369 e. The summed E-state index contributed by atoms with van der Waals surface area (Å²) in [4.78, 5) is 11.1. The molecule has 0 aromatic heterocycles. The van der Waals surface area contributed by atoms with Crippen LogP contribution >= 0.6 is 0 Å². The Kier molecular flexibility index (Phi) is 2.74. The third kappa shape index (κ3) is 2.00. The van der Waals surface area contributed by atoms with Gasteiger partial charge in [-0.15, -0.1) is 0 Å². The molecule has 0 radical (unpaired) electrons. The maximum atomic E-state index is 13.1. The van der Waals surface area contributed by atoms with Crippen molar-refractivity contribution in [3.8, 4) is 6.07 Å². The Morgan fingerprint density at radius 1 is 1.50 bits per heavy atom. The third-order valence-electron chi connectivity index (χ3n) is 2.74. The molecule has 5 heteroatoms. The van der Waals surface area contributed by atoms with Crippen LogP contribution in [0.2, 0.25) is 0 Å². The molecule has 0 aromatic rings. The fourth-order valence-electron chi connectivity index (χ4n) is 1.96. The van der Waals surface area contributed by atoms with E-state index in [4.69, 9.17) is 11.0 Å². The molecule has 0 saturated heterocycles. The molecule has 0 bridgehead atoms. The van der Waals surface area contributed by atoms with Gasteiger partial charge < -0.3 is 5.73 Å². The summed E-state index contributed by atoms with van der Waals surface area (Å²) in [5, 5.41) is 8.50. The summed E-state index contributed by atoms with van der Waals surface area (Å²) in [5.74, 6) is -3.64. The molecule has 1 rings (SSSR count). The van der Waals surface area contributed by atoms with Gasteiger partial charge in [-0.1, -0.05) is 0 Å². The van der Waals surface area contributed by atoms with Gasteiger partial charge in [0.15, 0.2) is 0 Å². The lowest BCUT2D eigenvalue weighted by atomic mass is 9.70. The summed E-state index contributed by atoms with van der Waals surface area (Å²) in [7, 11) is 0. The van der Waals surface area contributed by atoms with Crippen molar-refractivity contribution in [3.05, 3.63) is 0 Å². The molecule has 1 aliphatic rings. The first-order valence-electron chi connectivity index (χ1n) is 4.47. The number of alkyl halides is 2. The molecule has 1 fully saturated rings. The topological polar surface area (TPSA) is 66.9 Å². The van der Waals surface area contributed by atoms with E-state index in [0.29, 0.717) is 6.42 Å². The molecule has 3 nitrogen and oxygen atoms in total. The molecule has 0 spiro atoms. The summed E-state index contributed by atoms with van der Waals surface area (Å²) in [6, 6.07) is 1.76. The van der Waals surface area contributed by atoms with E-state index in [9.17, 15) is 13.6 Å². The van der Waals surface area contributed by atoms with Gasteiger partial charge in [0.2, 0.25) is 11.8 Å². The van der Waals surface area contributed by atoms with Crippen LogP contribution in [0.3, 0.4) is 0 Å². The molecule has 1 atom stereocenters. The van der Waals surface area contributed by atoms with Crippen LogP contribution in [0.1, 0.15) is 32.1 Å². The highest BCUT2D eigenvalue weighted by molar-refractivity contribution is 5.81. The maximum Gasteiger partial charge on any atom is 0.249 e. The quantitative estimate of drug-likeness (QED) is 0.738. The van der Waals surface area contributed by atoms with Gasteiger partial charge in [-0.3, -0.25) is 4.79 Å². The maximum absolute atomic E-state index is 13.1. The lowest BCUT2D eigenvalue weighted by molar-refractivity contribution is -0.141. The fourth-order valence-corrected chi connectivity index (χ4v) is 1.96. The molecule has 1 unspecified atom stereocenters. The number of carbonyl (C=O) groups excluding carboxylic acids is 1. The molecule has 2 N–H and O–H groups in total. The zero-order chi connectivity index (χ0) is 10.8. The second kappa shape index (κ2) is 3.52. The highest BCUT2D eigenvalue weighted by atomic mass is 19.3. The van der Waals surface area contributed by atoms with Crippen LogP contribution in [-0.4, -0.2) is 11.8 Å². The summed E-state index contributed by atoms with van der Waals surface area (Å²) in [5.41, 5.74) is 3.78. The predicted molar refractivity (Wildman–Crippen MR) is 45.3 cm³/mol. The van der Waals surface area contributed by atoms with E-state index in [0.717, 1.165) is 0 Å². The average Bonchev–Trinajstić information content (AvgIpc) is 2.02. The largest absolute Gasteiger partial charge is 0.369 e. The van der Waals surface area contributed by atoms with Crippen molar-refractivity contribution in [1.82, 2.24) is 0 Å². The first-order chi connectivity index (χ1) is 6.42. The van der Waals surface area contributed by atoms with Crippen LogP contribution in [0.4, 0.5) is 8.78 Å². The number of primary amides is 1. The van der Waals surface area contributed by atoms with Crippen molar-refractivity contribution in [1.29, 1.82) is 5.26 Å². The number of carbonyl (C=O) groups is 1. The van der Waals surface area contributed by atoms with E-state index in [1.54, 1.807) is 6.07 Å². The average molecular weight is 202 g/mol. The first-order valence-corrected chi connectivity index (χ1v) is 4.47. The number of hydrogen-bond acceptors (Lipinski definition) is 2. The fraction of sp³-hybridized carbons (Fsp3) is 0.778. The first kappa shape index (κ1) is 10.9. The van der Waals surface area contributed by atoms with E-state index in [1.165, 1.54) is 0 Å². The molecule has 14 heavy (non-hydrogen) atoms. The number of amides is 1. The van der Waals surface area contributed by atoms with Gasteiger partial charge in [-0.05, 0) is 12.8 Å². The van der Waals surface area contributed by atoms with Gasteiger partial charge in [0.05, 0.1) is 11.5 Å². The third-order valence-corrected chi connectivity index (χ3v) is 2.74.